The molecule has 0 unspecified atom stereocenters. The van der Waals surface area contributed by atoms with Crippen LogP contribution in [0.25, 0.3) is 0 Å². The second-order valence-corrected chi connectivity index (χ2v) is 6.12. The van der Waals surface area contributed by atoms with Gasteiger partial charge in [0.05, 0.1) is 23.7 Å². The summed E-state index contributed by atoms with van der Waals surface area (Å²) in [6.45, 7) is 1.91. The van der Waals surface area contributed by atoms with E-state index in [-0.39, 0.29) is 38.0 Å². The molecule has 0 heterocycles. The van der Waals surface area contributed by atoms with Gasteiger partial charge in [0.15, 0.2) is 6.61 Å². The monoisotopic (exact) mass is 376 g/mol. The Hall–Kier alpha value is -2.57. The number of aryl methyl sites for hydroxylation is 1. The molecule has 0 saturated carbocycles. The summed E-state index contributed by atoms with van der Waals surface area (Å²) in [4.78, 5) is 23.5. The molecule has 0 spiro atoms. The Balaban J connectivity index is 1.81. The summed E-state index contributed by atoms with van der Waals surface area (Å²) in [5, 5.41) is 14.4. The number of rotatable bonds is 8. The van der Waals surface area contributed by atoms with Crippen molar-refractivity contribution in [1.82, 2.24) is 5.32 Å². The number of ether oxygens (including phenoxy) is 1. The molecule has 0 aliphatic carbocycles. The maximum Gasteiger partial charge on any atom is 0.262 e. The van der Waals surface area contributed by atoms with Crippen molar-refractivity contribution in [2.24, 2.45) is 0 Å². The first-order valence-electron chi connectivity index (χ1n) is 8.13. The Morgan fingerprint density at radius 3 is 2.50 bits per heavy atom. The quantitative estimate of drug-likeness (QED) is 0.659. The largest absolute Gasteiger partial charge is 0.484 e. The summed E-state index contributed by atoms with van der Waals surface area (Å²) in [5.74, 6) is 0.0416. The summed E-state index contributed by atoms with van der Waals surface area (Å²) in [7, 11) is 0. The highest BCUT2D eigenvalue weighted by atomic mass is 35.5. The van der Waals surface area contributed by atoms with E-state index >= 15 is 0 Å². The van der Waals surface area contributed by atoms with Crippen molar-refractivity contribution < 1.29 is 19.4 Å². The lowest BCUT2D eigenvalue weighted by Crippen LogP contribution is -2.27. The lowest BCUT2D eigenvalue weighted by molar-refractivity contribution is -0.120. The summed E-state index contributed by atoms with van der Waals surface area (Å²) in [6.07, 6.45) is 0.215. The van der Waals surface area contributed by atoms with Crippen LogP contribution in [0.5, 0.6) is 5.75 Å². The fourth-order valence-corrected chi connectivity index (χ4v) is 2.49. The third-order valence-corrected chi connectivity index (χ3v) is 3.80. The van der Waals surface area contributed by atoms with E-state index < -0.39 is 0 Å². The van der Waals surface area contributed by atoms with Crippen molar-refractivity contribution in [2.75, 3.05) is 25.1 Å². The van der Waals surface area contributed by atoms with E-state index in [1.165, 1.54) is 0 Å². The third kappa shape index (κ3) is 6.38. The second kappa shape index (κ2) is 9.79. The molecule has 2 aromatic carbocycles. The first-order chi connectivity index (χ1) is 12.5. The minimum Gasteiger partial charge on any atom is -0.484 e. The molecule has 0 aromatic heterocycles. The van der Waals surface area contributed by atoms with Crippen LogP contribution in [0.2, 0.25) is 5.02 Å². The molecule has 0 radical (unpaired) electrons. The number of hydrogen-bond donors (Lipinski definition) is 3. The molecule has 0 saturated heterocycles. The predicted octanol–water partition coefficient (Wildman–Crippen LogP) is 2.32. The summed E-state index contributed by atoms with van der Waals surface area (Å²) in [5.41, 5.74) is 2.35. The van der Waals surface area contributed by atoms with Gasteiger partial charge in [-0.1, -0.05) is 29.8 Å². The highest BCUT2D eigenvalue weighted by molar-refractivity contribution is 6.33. The van der Waals surface area contributed by atoms with Gasteiger partial charge in [-0.05, 0) is 42.3 Å². The number of aliphatic hydroxyl groups is 1. The van der Waals surface area contributed by atoms with Gasteiger partial charge in [-0.3, -0.25) is 9.59 Å². The number of aliphatic hydroxyl groups excluding tert-OH is 1. The molecule has 2 rings (SSSR count). The van der Waals surface area contributed by atoms with Crippen molar-refractivity contribution in [3.8, 4) is 5.75 Å². The fourth-order valence-electron chi connectivity index (χ4n) is 2.20. The zero-order valence-corrected chi connectivity index (χ0v) is 15.2. The van der Waals surface area contributed by atoms with Gasteiger partial charge < -0.3 is 20.5 Å². The van der Waals surface area contributed by atoms with E-state index in [2.05, 4.69) is 10.6 Å². The fraction of sp³-hybridized carbons (Fsp3) is 0.263. The summed E-state index contributed by atoms with van der Waals surface area (Å²) < 4.78 is 5.44. The highest BCUT2D eigenvalue weighted by Gasteiger charge is 2.08. The Bertz CT molecular complexity index is 763. The zero-order valence-electron chi connectivity index (χ0n) is 14.4. The molecule has 2 amide bonds. The van der Waals surface area contributed by atoms with Gasteiger partial charge in [0.2, 0.25) is 5.91 Å². The average Bonchev–Trinajstić information content (AvgIpc) is 2.62. The van der Waals surface area contributed by atoms with E-state index in [9.17, 15) is 9.59 Å². The Labute approximate surface area is 157 Å². The lowest BCUT2D eigenvalue weighted by atomic mass is 10.1. The summed E-state index contributed by atoms with van der Waals surface area (Å²) >= 11 is 6.08. The maximum absolute atomic E-state index is 12.0. The van der Waals surface area contributed by atoms with Gasteiger partial charge in [-0.15, -0.1) is 0 Å². The van der Waals surface area contributed by atoms with Crippen LogP contribution in [0, 0.1) is 6.92 Å². The molecular formula is C19H21ClN2O4. The van der Waals surface area contributed by atoms with E-state index in [0.29, 0.717) is 16.5 Å². The van der Waals surface area contributed by atoms with Crippen LogP contribution in [0.3, 0.4) is 0 Å². The van der Waals surface area contributed by atoms with Crippen LogP contribution in [0.4, 0.5) is 5.69 Å². The van der Waals surface area contributed by atoms with Crippen LogP contribution in [0.1, 0.15) is 11.1 Å². The molecule has 138 valence electrons. The van der Waals surface area contributed by atoms with E-state index in [4.69, 9.17) is 21.4 Å². The molecule has 7 heteroatoms. The van der Waals surface area contributed by atoms with Crippen molar-refractivity contribution in [3.63, 3.8) is 0 Å². The van der Waals surface area contributed by atoms with Crippen molar-refractivity contribution >= 4 is 29.1 Å². The van der Waals surface area contributed by atoms with Crippen LogP contribution in [-0.4, -0.2) is 36.7 Å². The maximum atomic E-state index is 12.0. The molecule has 6 nitrogen and oxygen atoms in total. The molecule has 0 bridgehead atoms. The van der Waals surface area contributed by atoms with Crippen molar-refractivity contribution in [2.45, 2.75) is 13.3 Å². The van der Waals surface area contributed by atoms with Crippen LogP contribution < -0.4 is 15.4 Å². The summed E-state index contributed by atoms with van der Waals surface area (Å²) in [6, 6.07) is 12.3. The van der Waals surface area contributed by atoms with Crippen LogP contribution >= 0.6 is 11.6 Å². The smallest absolute Gasteiger partial charge is 0.262 e. The van der Waals surface area contributed by atoms with Gasteiger partial charge >= 0.3 is 0 Å². The normalized spacial score (nSPS) is 10.3. The molecule has 0 aliphatic rings. The molecule has 26 heavy (non-hydrogen) atoms. The van der Waals surface area contributed by atoms with E-state index in [1.54, 1.807) is 36.4 Å². The lowest BCUT2D eigenvalue weighted by Gasteiger charge is -2.10. The van der Waals surface area contributed by atoms with Crippen LogP contribution in [0.15, 0.2) is 42.5 Å². The zero-order chi connectivity index (χ0) is 18.9. The molecule has 2 aromatic rings. The molecule has 3 N–H and O–H groups in total. The number of amides is 2. The Morgan fingerprint density at radius 2 is 1.85 bits per heavy atom. The van der Waals surface area contributed by atoms with E-state index in [0.717, 1.165) is 11.1 Å². The number of halogens is 1. The Morgan fingerprint density at radius 1 is 1.12 bits per heavy atom. The number of carbonyl (C=O) groups is 2. The standard InChI is InChI=1S/C19H21ClN2O4/c1-13-2-7-17(16(20)10-13)22-19(25)12-26-15-5-3-14(4-6-15)11-18(24)21-8-9-23/h2-7,10,23H,8-9,11-12H2,1H3,(H,21,24)(H,22,25). The minimum atomic E-state index is -0.316. The molecule has 0 fully saturated rings. The van der Waals surface area contributed by atoms with Crippen LogP contribution in [-0.2, 0) is 16.0 Å². The number of anilines is 1. The first kappa shape index (κ1) is 19.8. The SMILES string of the molecule is Cc1ccc(NC(=O)COc2ccc(CC(=O)NCCO)cc2)c(Cl)c1. The molecular weight excluding hydrogens is 356 g/mol. The van der Waals surface area contributed by atoms with Gasteiger partial charge in [-0.2, -0.15) is 0 Å². The topological polar surface area (TPSA) is 87.7 Å². The van der Waals surface area contributed by atoms with E-state index in [1.807, 2.05) is 13.0 Å². The third-order valence-electron chi connectivity index (χ3n) is 3.49. The number of hydrogen-bond acceptors (Lipinski definition) is 4. The highest BCUT2D eigenvalue weighted by Crippen LogP contribution is 2.22. The second-order valence-electron chi connectivity index (χ2n) is 5.71. The number of carbonyl (C=O) groups excluding carboxylic acids is 2. The molecule has 0 aliphatic heterocycles. The average molecular weight is 377 g/mol. The van der Waals surface area contributed by atoms with Gasteiger partial charge in [0.1, 0.15) is 5.75 Å². The number of benzene rings is 2. The van der Waals surface area contributed by atoms with Gasteiger partial charge in [-0.25, -0.2) is 0 Å². The minimum absolute atomic E-state index is 0.0889. The number of nitrogens with one attached hydrogen (secondary N) is 2. The van der Waals surface area contributed by atoms with Gasteiger partial charge in [0.25, 0.3) is 5.91 Å². The first-order valence-corrected chi connectivity index (χ1v) is 8.51. The van der Waals surface area contributed by atoms with Crippen molar-refractivity contribution in [3.05, 3.63) is 58.6 Å². The Kier molecular flexibility index (Phi) is 7.44. The van der Waals surface area contributed by atoms with Gasteiger partial charge in [0, 0.05) is 6.54 Å². The van der Waals surface area contributed by atoms with Crippen molar-refractivity contribution in [1.29, 1.82) is 0 Å². The predicted molar refractivity (Wildman–Crippen MR) is 101 cm³/mol. The molecule has 0 atom stereocenters.